The first kappa shape index (κ1) is 20.4. The lowest BCUT2D eigenvalue weighted by molar-refractivity contribution is 0.102. The van der Waals surface area contributed by atoms with Crippen LogP contribution in [0.3, 0.4) is 0 Å². The summed E-state index contributed by atoms with van der Waals surface area (Å²) >= 11 is 3.37. The molecule has 1 N–H and O–H groups in total. The van der Waals surface area contributed by atoms with Crippen LogP contribution in [-0.2, 0) is 19.5 Å². The summed E-state index contributed by atoms with van der Waals surface area (Å²) in [6.45, 7) is 9.15. The molecule has 1 aliphatic rings. The molecule has 0 atom stereocenters. The molecule has 3 aromatic heterocycles. The quantitative estimate of drug-likeness (QED) is 0.450. The zero-order chi connectivity index (χ0) is 21.5. The Labute approximate surface area is 189 Å². The Morgan fingerprint density at radius 2 is 2.06 bits per heavy atom. The molecule has 0 saturated carbocycles. The van der Waals surface area contributed by atoms with Gasteiger partial charge in [0.15, 0.2) is 5.69 Å². The second-order valence-corrected chi connectivity index (χ2v) is 10.2. The first-order chi connectivity index (χ1) is 15.0. The maximum atomic E-state index is 13.0. The summed E-state index contributed by atoms with van der Waals surface area (Å²) in [6, 6.07) is 10.5. The van der Waals surface area contributed by atoms with E-state index in [1.54, 1.807) is 33.4 Å². The molecule has 1 aromatic carbocycles. The number of thiophene rings is 1. The molecule has 0 radical (unpaired) electrons. The van der Waals surface area contributed by atoms with Gasteiger partial charge >= 0.3 is 0 Å². The number of para-hydroxylation sites is 1. The van der Waals surface area contributed by atoms with Gasteiger partial charge in [0.2, 0.25) is 0 Å². The fourth-order valence-corrected chi connectivity index (χ4v) is 6.36. The lowest BCUT2D eigenvalue weighted by Gasteiger charge is -2.30. The molecule has 4 aromatic rings. The van der Waals surface area contributed by atoms with Crippen molar-refractivity contribution in [1.82, 2.24) is 19.7 Å². The zero-order valence-corrected chi connectivity index (χ0v) is 19.5. The minimum absolute atomic E-state index is 0.172. The molecular weight excluding hydrogens is 426 g/mol. The van der Waals surface area contributed by atoms with Crippen molar-refractivity contribution in [2.24, 2.45) is 0 Å². The van der Waals surface area contributed by atoms with E-state index in [1.807, 2.05) is 31.3 Å². The predicted molar refractivity (Wildman–Crippen MR) is 128 cm³/mol. The van der Waals surface area contributed by atoms with Gasteiger partial charge in [-0.1, -0.05) is 12.1 Å². The number of thiazole rings is 1. The smallest absolute Gasteiger partial charge is 0.276 e. The van der Waals surface area contributed by atoms with Crippen LogP contribution in [0.2, 0.25) is 0 Å². The van der Waals surface area contributed by atoms with Crippen molar-refractivity contribution in [1.29, 1.82) is 0 Å². The maximum Gasteiger partial charge on any atom is 0.276 e. The van der Waals surface area contributed by atoms with Gasteiger partial charge in [-0.2, -0.15) is 5.10 Å². The molecule has 4 heterocycles. The molecule has 1 aliphatic heterocycles. The second kappa shape index (κ2) is 8.18. The average molecular weight is 452 g/mol. The Morgan fingerprint density at radius 3 is 2.81 bits per heavy atom. The predicted octanol–water partition coefficient (Wildman–Crippen LogP) is 5.26. The number of hydrogen-bond donors (Lipinski definition) is 1. The van der Waals surface area contributed by atoms with Gasteiger partial charge in [0.1, 0.15) is 10.0 Å². The van der Waals surface area contributed by atoms with Crippen LogP contribution in [0.25, 0.3) is 20.8 Å². The first-order valence-corrected chi connectivity index (χ1v) is 12.3. The topological polar surface area (TPSA) is 63.1 Å². The summed E-state index contributed by atoms with van der Waals surface area (Å²) in [5, 5.41) is 9.39. The Balaban J connectivity index is 1.57. The van der Waals surface area contributed by atoms with E-state index in [1.165, 1.54) is 10.4 Å². The van der Waals surface area contributed by atoms with Gasteiger partial charge in [-0.05, 0) is 51.0 Å². The van der Waals surface area contributed by atoms with Crippen molar-refractivity contribution in [3.05, 3.63) is 52.7 Å². The highest BCUT2D eigenvalue weighted by atomic mass is 32.1. The van der Waals surface area contributed by atoms with E-state index in [-0.39, 0.29) is 5.91 Å². The van der Waals surface area contributed by atoms with Crippen LogP contribution in [0.15, 0.2) is 36.5 Å². The van der Waals surface area contributed by atoms with E-state index in [4.69, 9.17) is 4.98 Å². The van der Waals surface area contributed by atoms with Crippen LogP contribution in [0.5, 0.6) is 0 Å². The standard InChI is InChI=1S/C23H25N5OS2/c1-4-28-12-10-17(26-28)21(29)25-23-20(22-24-16-7-5-6-8-18(16)30-22)15-9-11-27(14(2)3)13-19(15)31-23/h5-8,10,12,14H,4,9,11,13H2,1-3H3,(H,25,29). The molecule has 0 spiro atoms. The molecule has 0 saturated heterocycles. The Morgan fingerprint density at radius 1 is 1.23 bits per heavy atom. The molecule has 160 valence electrons. The van der Waals surface area contributed by atoms with Gasteiger partial charge in [-0.15, -0.1) is 22.7 Å². The summed E-state index contributed by atoms with van der Waals surface area (Å²) in [5.74, 6) is -0.172. The number of carbonyl (C=O) groups excluding carboxylic acids is 1. The third-order valence-corrected chi connectivity index (χ3v) is 7.93. The number of hydrogen-bond acceptors (Lipinski definition) is 6. The number of aryl methyl sites for hydroxylation is 1. The maximum absolute atomic E-state index is 13.0. The third kappa shape index (κ3) is 3.79. The number of anilines is 1. The van der Waals surface area contributed by atoms with Crippen LogP contribution in [0.4, 0.5) is 5.00 Å². The number of nitrogens with one attached hydrogen (secondary N) is 1. The summed E-state index contributed by atoms with van der Waals surface area (Å²) < 4.78 is 2.93. The highest BCUT2D eigenvalue weighted by Crippen LogP contribution is 2.46. The minimum atomic E-state index is -0.172. The minimum Gasteiger partial charge on any atom is -0.312 e. The molecule has 31 heavy (non-hydrogen) atoms. The van der Waals surface area contributed by atoms with Crippen molar-refractivity contribution < 1.29 is 4.79 Å². The van der Waals surface area contributed by atoms with Gasteiger partial charge < -0.3 is 5.32 Å². The van der Waals surface area contributed by atoms with Crippen LogP contribution < -0.4 is 5.32 Å². The van der Waals surface area contributed by atoms with Gasteiger partial charge in [-0.25, -0.2) is 4.98 Å². The average Bonchev–Trinajstić information content (AvgIpc) is 3.48. The van der Waals surface area contributed by atoms with E-state index in [2.05, 4.69) is 35.2 Å². The monoisotopic (exact) mass is 451 g/mol. The van der Waals surface area contributed by atoms with Gasteiger partial charge in [-0.3, -0.25) is 14.4 Å². The van der Waals surface area contributed by atoms with Crippen molar-refractivity contribution in [3.8, 4) is 10.6 Å². The van der Waals surface area contributed by atoms with Crippen LogP contribution >= 0.6 is 22.7 Å². The van der Waals surface area contributed by atoms with Crippen LogP contribution in [0.1, 0.15) is 41.7 Å². The number of nitrogens with zero attached hydrogens (tertiary/aromatic N) is 4. The van der Waals surface area contributed by atoms with Crippen molar-refractivity contribution >= 4 is 43.8 Å². The molecule has 6 nitrogen and oxygen atoms in total. The Kier molecular flexibility index (Phi) is 5.37. The molecular formula is C23H25N5OS2. The number of rotatable bonds is 5. The van der Waals surface area contributed by atoms with E-state index in [0.717, 1.165) is 51.8 Å². The van der Waals surface area contributed by atoms with E-state index in [9.17, 15) is 4.79 Å². The molecule has 1 amide bonds. The van der Waals surface area contributed by atoms with Crippen LogP contribution in [0, 0.1) is 0 Å². The number of carbonyl (C=O) groups is 1. The lowest BCUT2D eigenvalue weighted by atomic mass is 10.0. The molecule has 0 unspecified atom stereocenters. The summed E-state index contributed by atoms with van der Waals surface area (Å²) in [6.07, 6.45) is 2.80. The second-order valence-electron chi connectivity index (χ2n) is 8.02. The molecule has 0 fully saturated rings. The van der Waals surface area contributed by atoms with Gasteiger partial charge in [0.25, 0.3) is 5.91 Å². The SMILES string of the molecule is CCn1ccc(C(=O)Nc2sc3c(c2-c2nc4ccccc4s2)CCN(C(C)C)C3)n1. The highest BCUT2D eigenvalue weighted by Gasteiger charge is 2.29. The fourth-order valence-electron chi connectivity index (χ4n) is 3.98. The van der Waals surface area contributed by atoms with Gasteiger partial charge in [0, 0.05) is 42.3 Å². The zero-order valence-electron chi connectivity index (χ0n) is 17.9. The van der Waals surface area contributed by atoms with Gasteiger partial charge in [0.05, 0.1) is 10.2 Å². The number of amides is 1. The number of fused-ring (bicyclic) bond motifs is 2. The Hall–Kier alpha value is -2.55. The molecule has 5 rings (SSSR count). The van der Waals surface area contributed by atoms with Crippen molar-refractivity contribution in [2.75, 3.05) is 11.9 Å². The highest BCUT2D eigenvalue weighted by molar-refractivity contribution is 7.22. The molecule has 0 aliphatic carbocycles. The van der Waals surface area contributed by atoms with E-state index >= 15 is 0 Å². The normalized spacial score (nSPS) is 14.3. The van der Waals surface area contributed by atoms with E-state index < -0.39 is 0 Å². The van der Waals surface area contributed by atoms with Crippen LogP contribution in [-0.4, -0.2) is 38.2 Å². The Bertz CT molecular complexity index is 1220. The number of aromatic nitrogens is 3. The number of benzene rings is 1. The largest absolute Gasteiger partial charge is 0.312 e. The summed E-state index contributed by atoms with van der Waals surface area (Å²) in [4.78, 5) is 21.7. The third-order valence-electron chi connectivity index (χ3n) is 5.75. The van der Waals surface area contributed by atoms with E-state index in [0.29, 0.717) is 11.7 Å². The van der Waals surface area contributed by atoms with Crippen molar-refractivity contribution in [3.63, 3.8) is 0 Å². The van der Waals surface area contributed by atoms with Crippen molar-refractivity contribution in [2.45, 2.75) is 46.3 Å². The first-order valence-electron chi connectivity index (χ1n) is 10.6. The summed E-state index contributed by atoms with van der Waals surface area (Å²) in [5.41, 5.74) is 3.86. The lowest BCUT2D eigenvalue weighted by Crippen LogP contribution is -2.35. The molecule has 0 bridgehead atoms. The fraction of sp³-hybridized carbons (Fsp3) is 0.348. The summed E-state index contributed by atoms with van der Waals surface area (Å²) in [7, 11) is 0. The molecule has 8 heteroatoms.